The molecule has 1 heterocycles. The Labute approximate surface area is 115 Å². The van der Waals surface area contributed by atoms with E-state index in [0.29, 0.717) is 11.4 Å². The number of benzene rings is 1. The Kier molecular flexibility index (Phi) is 3.77. The summed E-state index contributed by atoms with van der Waals surface area (Å²) in [7, 11) is -3.41. The minimum absolute atomic E-state index is 0.325. The molecule has 6 heteroatoms. The van der Waals surface area contributed by atoms with Crippen LogP contribution in [0, 0.1) is 3.57 Å². The van der Waals surface area contributed by atoms with E-state index < -0.39 is 10.0 Å². The lowest BCUT2D eigenvalue weighted by Crippen LogP contribution is -2.47. The molecule has 0 bridgehead atoms. The van der Waals surface area contributed by atoms with Crippen LogP contribution in [0.5, 0.6) is 0 Å². The summed E-state index contributed by atoms with van der Waals surface area (Å²) in [5.74, 6) is 0. The average Bonchev–Trinajstić information content (AvgIpc) is 2.64. The summed E-state index contributed by atoms with van der Waals surface area (Å²) in [5, 5.41) is 3.17. The highest BCUT2D eigenvalue weighted by Crippen LogP contribution is 2.19. The second kappa shape index (κ2) is 4.83. The van der Waals surface area contributed by atoms with E-state index in [0.717, 1.165) is 16.5 Å². The number of sulfonamides is 1. The predicted octanol–water partition coefficient (Wildman–Crippen LogP) is 1.32. The zero-order valence-corrected chi connectivity index (χ0v) is 12.5. The molecule has 0 amide bonds. The van der Waals surface area contributed by atoms with Crippen molar-refractivity contribution in [1.82, 2.24) is 10.0 Å². The van der Waals surface area contributed by atoms with Crippen LogP contribution in [0.3, 0.4) is 0 Å². The summed E-state index contributed by atoms with van der Waals surface area (Å²) >= 11 is 2.15. The van der Waals surface area contributed by atoms with Crippen molar-refractivity contribution in [3.63, 3.8) is 0 Å². The van der Waals surface area contributed by atoms with E-state index in [9.17, 15) is 8.42 Å². The highest BCUT2D eigenvalue weighted by Gasteiger charge is 2.33. The van der Waals surface area contributed by atoms with Gasteiger partial charge in [-0.15, -0.1) is 0 Å². The van der Waals surface area contributed by atoms with Crippen LogP contribution >= 0.6 is 22.6 Å². The Balaban J connectivity index is 2.22. The smallest absolute Gasteiger partial charge is 0.241 e. The van der Waals surface area contributed by atoms with Crippen molar-refractivity contribution in [2.45, 2.75) is 23.8 Å². The van der Waals surface area contributed by atoms with E-state index in [1.165, 1.54) is 0 Å². The van der Waals surface area contributed by atoms with Crippen molar-refractivity contribution in [3.05, 3.63) is 27.8 Å². The van der Waals surface area contributed by atoms with E-state index in [1.54, 1.807) is 24.3 Å². The van der Waals surface area contributed by atoms with Gasteiger partial charge >= 0.3 is 0 Å². The van der Waals surface area contributed by atoms with Crippen LogP contribution < -0.4 is 10.0 Å². The molecule has 1 saturated heterocycles. The van der Waals surface area contributed by atoms with E-state index in [2.05, 4.69) is 32.6 Å². The predicted molar refractivity (Wildman–Crippen MR) is 75.4 cm³/mol. The molecule has 17 heavy (non-hydrogen) atoms. The van der Waals surface area contributed by atoms with E-state index in [1.807, 2.05) is 6.92 Å². The van der Waals surface area contributed by atoms with Gasteiger partial charge in [0.05, 0.1) is 4.90 Å². The van der Waals surface area contributed by atoms with Gasteiger partial charge in [0.2, 0.25) is 10.0 Å². The molecule has 1 aliphatic rings. The fraction of sp³-hybridized carbons (Fsp3) is 0.455. The van der Waals surface area contributed by atoms with Crippen LogP contribution in [0.15, 0.2) is 29.2 Å². The average molecular weight is 366 g/mol. The standard InChI is InChI=1S/C11H15IN2O2S/c1-11(6-7-13-8-11)14-17(15,16)10-4-2-9(12)3-5-10/h2-5,13-14H,6-8H2,1H3. The highest BCUT2D eigenvalue weighted by molar-refractivity contribution is 14.1. The van der Waals surface area contributed by atoms with Crippen molar-refractivity contribution >= 4 is 32.6 Å². The van der Waals surface area contributed by atoms with Crippen LogP contribution in [0.1, 0.15) is 13.3 Å². The first-order valence-corrected chi connectivity index (χ1v) is 7.98. The summed E-state index contributed by atoms with van der Waals surface area (Å²) in [6.45, 7) is 3.46. The molecule has 0 saturated carbocycles. The third kappa shape index (κ3) is 3.18. The molecule has 1 unspecified atom stereocenters. The second-order valence-corrected chi connectivity index (χ2v) is 7.47. The van der Waals surface area contributed by atoms with Crippen LogP contribution in [-0.4, -0.2) is 27.0 Å². The maximum atomic E-state index is 12.2. The maximum absolute atomic E-state index is 12.2. The van der Waals surface area contributed by atoms with Gasteiger partial charge in [0.15, 0.2) is 0 Å². The molecule has 94 valence electrons. The van der Waals surface area contributed by atoms with Gasteiger partial charge in [0.25, 0.3) is 0 Å². The summed E-state index contributed by atoms with van der Waals surface area (Å²) in [6.07, 6.45) is 0.816. The first-order valence-electron chi connectivity index (χ1n) is 5.42. The Morgan fingerprint density at radius 1 is 1.35 bits per heavy atom. The van der Waals surface area contributed by atoms with Crippen molar-refractivity contribution in [3.8, 4) is 0 Å². The zero-order valence-electron chi connectivity index (χ0n) is 9.53. The molecule has 1 aromatic rings. The van der Waals surface area contributed by atoms with Crippen molar-refractivity contribution < 1.29 is 8.42 Å². The monoisotopic (exact) mass is 366 g/mol. The van der Waals surface area contributed by atoms with Gasteiger partial charge in [-0.2, -0.15) is 0 Å². The minimum Gasteiger partial charge on any atom is -0.315 e. The van der Waals surface area contributed by atoms with E-state index >= 15 is 0 Å². The van der Waals surface area contributed by atoms with Gasteiger partial charge < -0.3 is 5.32 Å². The molecule has 4 nitrogen and oxygen atoms in total. The number of nitrogens with one attached hydrogen (secondary N) is 2. The molecule has 2 N–H and O–H groups in total. The molecule has 1 atom stereocenters. The number of hydrogen-bond acceptors (Lipinski definition) is 3. The normalized spacial score (nSPS) is 25.1. The van der Waals surface area contributed by atoms with Crippen molar-refractivity contribution in [1.29, 1.82) is 0 Å². The molecule has 1 fully saturated rings. The fourth-order valence-corrected chi connectivity index (χ4v) is 3.70. The van der Waals surface area contributed by atoms with Crippen molar-refractivity contribution in [2.24, 2.45) is 0 Å². The van der Waals surface area contributed by atoms with Gasteiger partial charge in [-0.3, -0.25) is 0 Å². The van der Waals surface area contributed by atoms with Gasteiger partial charge in [-0.05, 0) is 66.7 Å². The van der Waals surface area contributed by atoms with Gasteiger partial charge in [-0.1, -0.05) is 0 Å². The van der Waals surface area contributed by atoms with Crippen LogP contribution in [0.2, 0.25) is 0 Å². The third-order valence-electron chi connectivity index (χ3n) is 2.87. The highest BCUT2D eigenvalue weighted by atomic mass is 127. The molecular weight excluding hydrogens is 351 g/mol. The number of hydrogen-bond donors (Lipinski definition) is 2. The molecular formula is C11H15IN2O2S. The maximum Gasteiger partial charge on any atom is 0.241 e. The van der Waals surface area contributed by atoms with E-state index in [-0.39, 0.29) is 5.54 Å². The Morgan fingerprint density at radius 2 is 2.00 bits per heavy atom. The topological polar surface area (TPSA) is 58.2 Å². The van der Waals surface area contributed by atoms with Gasteiger partial charge in [0, 0.05) is 15.7 Å². The Bertz CT molecular complexity index is 493. The lowest BCUT2D eigenvalue weighted by atomic mass is 10.0. The molecule has 0 aliphatic carbocycles. The Morgan fingerprint density at radius 3 is 2.53 bits per heavy atom. The zero-order chi connectivity index (χ0) is 12.5. The molecule has 1 aromatic carbocycles. The summed E-state index contributed by atoms with van der Waals surface area (Å²) in [5.41, 5.74) is -0.373. The van der Waals surface area contributed by atoms with Crippen LogP contribution in [-0.2, 0) is 10.0 Å². The largest absolute Gasteiger partial charge is 0.315 e. The molecule has 0 aromatic heterocycles. The molecule has 1 aliphatic heterocycles. The summed E-state index contributed by atoms with van der Waals surface area (Å²) < 4.78 is 28.1. The summed E-state index contributed by atoms with van der Waals surface area (Å²) in [4.78, 5) is 0.325. The molecule has 0 spiro atoms. The van der Waals surface area contributed by atoms with Gasteiger partial charge in [-0.25, -0.2) is 13.1 Å². The quantitative estimate of drug-likeness (QED) is 0.794. The number of rotatable bonds is 3. The van der Waals surface area contributed by atoms with Crippen LogP contribution in [0.4, 0.5) is 0 Å². The minimum atomic E-state index is -3.41. The molecule has 2 rings (SSSR count). The lowest BCUT2D eigenvalue weighted by molar-refractivity contribution is 0.452. The molecule has 0 radical (unpaired) electrons. The first-order chi connectivity index (χ1) is 7.91. The van der Waals surface area contributed by atoms with Gasteiger partial charge in [0.1, 0.15) is 0 Å². The Hall–Kier alpha value is -0.180. The second-order valence-electron chi connectivity index (χ2n) is 4.55. The van der Waals surface area contributed by atoms with Crippen LogP contribution in [0.25, 0.3) is 0 Å². The lowest BCUT2D eigenvalue weighted by Gasteiger charge is -2.24. The van der Waals surface area contributed by atoms with E-state index in [4.69, 9.17) is 0 Å². The number of halogens is 1. The SMILES string of the molecule is CC1(NS(=O)(=O)c2ccc(I)cc2)CCNC1. The summed E-state index contributed by atoms with van der Waals surface area (Å²) in [6, 6.07) is 6.86. The van der Waals surface area contributed by atoms with Crippen molar-refractivity contribution in [2.75, 3.05) is 13.1 Å². The third-order valence-corrected chi connectivity index (χ3v) is 5.25. The first kappa shape index (κ1) is 13.3. The fourth-order valence-electron chi connectivity index (χ4n) is 1.90.